The summed E-state index contributed by atoms with van der Waals surface area (Å²) < 4.78 is 27.3. The summed E-state index contributed by atoms with van der Waals surface area (Å²) in [6, 6.07) is 7.22. The molecule has 1 aromatic carbocycles. The third kappa shape index (κ3) is 2.90. The molecule has 0 radical (unpaired) electrons. The monoisotopic (exact) mass is 268 g/mol. The Kier molecular flexibility index (Phi) is 3.71. The van der Waals surface area contributed by atoms with Crippen molar-refractivity contribution in [3.8, 4) is 0 Å². The lowest BCUT2D eigenvalue weighted by Crippen LogP contribution is -2.22. The number of benzene rings is 1. The molecule has 1 saturated heterocycles. The second-order valence-corrected chi connectivity index (χ2v) is 6.84. The Labute approximate surface area is 107 Å². The van der Waals surface area contributed by atoms with Crippen LogP contribution in [-0.4, -0.2) is 33.0 Å². The van der Waals surface area contributed by atoms with Crippen LogP contribution in [0.1, 0.15) is 34.7 Å². The van der Waals surface area contributed by atoms with Gasteiger partial charge in [0.15, 0.2) is 0 Å². The minimum Gasteiger partial charge on any atom is -0.465 e. The minimum atomic E-state index is -2.82. The largest absolute Gasteiger partial charge is 0.465 e. The maximum atomic E-state index is 11.3. The number of sulfone groups is 1. The third-order valence-electron chi connectivity index (χ3n) is 3.36. The lowest BCUT2D eigenvalue weighted by atomic mass is 9.93. The first-order chi connectivity index (χ1) is 8.52. The minimum absolute atomic E-state index is 0.260. The standard InChI is InChI=1S/C13H16O4S/c1-17-13(14)12-4-2-10(3-5-12)11-6-8-18(15,16)9-7-11/h2-5,11H,6-9H2,1H3. The van der Waals surface area contributed by atoms with Gasteiger partial charge in [0.05, 0.1) is 24.2 Å². The molecule has 0 spiro atoms. The summed E-state index contributed by atoms with van der Waals surface area (Å²) in [5.41, 5.74) is 1.61. The van der Waals surface area contributed by atoms with Gasteiger partial charge in [-0.25, -0.2) is 13.2 Å². The molecule has 1 heterocycles. The predicted molar refractivity (Wildman–Crippen MR) is 68.4 cm³/mol. The Balaban J connectivity index is 2.09. The Bertz CT molecular complexity index is 517. The van der Waals surface area contributed by atoms with Crippen molar-refractivity contribution < 1.29 is 17.9 Å². The van der Waals surface area contributed by atoms with Gasteiger partial charge in [-0.05, 0) is 36.5 Å². The normalized spacial score (nSPS) is 19.4. The van der Waals surface area contributed by atoms with Crippen LogP contribution in [-0.2, 0) is 14.6 Å². The van der Waals surface area contributed by atoms with Crippen molar-refractivity contribution in [1.82, 2.24) is 0 Å². The molecule has 5 heteroatoms. The van der Waals surface area contributed by atoms with E-state index in [9.17, 15) is 13.2 Å². The fourth-order valence-corrected chi connectivity index (χ4v) is 3.72. The van der Waals surface area contributed by atoms with Crippen molar-refractivity contribution in [2.45, 2.75) is 18.8 Å². The highest BCUT2D eigenvalue weighted by Gasteiger charge is 2.24. The molecule has 0 atom stereocenters. The number of rotatable bonds is 2. The maximum absolute atomic E-state index is 11.3. The van der Waals surface area contributed by atoms with Gasteiger partial charge in [0, 0.05) is 0 Å². The van der Waals surface area contributed by atoms with Crippen LogP contribution >= 0.6 is 0 Å². The van der Waals surface area contributed by atoms with Gasteiger partial charge in [-0.2, -0.15) is 0 Å². The molecular weight excluding hydrogens is 252 g/mol. The number of carbonyl (C=O) groups excluding carboxylic acids is 1. The summed E-state index contributed by atoms with van der Waals surface area (Å²) in [5.74, 6) is 0.445. The van der Waals surface area contributed by atoms with Crippen molar-refractivity contribution in [1.29, 1.82) is 0 Å². The maximum Gasteiger partial charge on any atom is 0.337 e. The molecule has 4 nitrogen and oxygen atoms in total. The Morgan fingerprint density at radius 1 is 1.17 bits per heavy atom. The van der Waals surface area contributed by atoms with Crippen LogP contribution < -0.4 is 0 Å². The van der Waals surface area contributed by atoms with Crippen LogP contribution in [0.2, 0.25) is 0 Å². The second-order valence-electron chi connectivity index (χ2n) is 4.54. The van der Waals surface area contributed by atoms with Gasteiger partial charge in [-0.1, -0.05) is 12.1 Å². The highest BCUT2D eigenvalue weighted by atomic mass is 32.2. The molecule has 1 aliphatic heterocycles. The molecule has 0 N–H and O–H groups in total. The molecule has 0 aliphatic carbocycles. The van der Waals surface area contributed by atoms with E-state index in [2.05, 4.69) is 4.74 Å². The number of methoxy groups -OCH3 is 1. The van der Waals surface area contributed by atoms with Crippen molar-refractivity contribution in [2.75, 3.05) is 18.6 Å². The third-order valence-corrected chi connectivity index (χ3v) is 5.07. The number of hydrogen-bond acceptors (Lipinski definition) is 4. The lowest BCUT2D eigenvalue weighted by molar-refractivity contribution is 0.0600. The van der Waals surface area contributed by atoms with E-state index in [-0.39, 0.29) is 23.4 Å². The molecule has 1 fully saturated rings. The van der Waals surface area contributed by atoms with Crippen LogP contribution in [0.3, 0.4) is 0 Å². The van der Waals surface area contributed by atoms with Crippen LogP contribution in [0.25, 0.3) is 0 Å². The van der Waals surface area contributed by atoms with Crippen molar-refractivity contribution in [3.63, 3.8) is 0 Å². The van der Waals surface area contributed by atoms with Gasteiger partial charge >= 0.3 is 5.97 Å². The molecule has 0 unspecified atom stereocenters. The van der Waals surface area contributed by atoms with Gasteiger partial charge in [-0.3, -0.25) is 0 Å². The zero-order valence-corrected chi connectivity index (χ0v) is 11.1. The zero-order valence-electron chi connectivity index (χ0n) is 10.3. The second kappa shape index (κ2) is 5.10. The summed E-state index contributed by atoms with van der Waals surface area (Å²) >= 11 is 0. The van der Waals surface area contributed by atoms with E-state index in [1.807, 2.05) is 12.1 Å². The topological polar surface area (TPSA) is 60.4 Å². The number of ether oxygens (including phenoxy) is 1. The lowest BCUT2D eigenvalue weighted by Gasteiger charge is -2.22. The first-order valence-corrected chi connectivity index (χ1v) is 7.73. The molecule has 0 aromatic heterocycles. The summed E-state index contributed by atoms with van der Waals surface area (Å²) in [6.07, 6.45) is 1.33. The van der Waals surface area contributed by atoms with Crippen molar-refractivity contribution >= 4 is 15.8 Å². The summed E-state index contributed by atoms with van der Waals surface area (Å²) in [7, 11) is -1.47. The van der Waals surface area contributed by atoms with Gasteiger partial charge in [0.1, 0.15) is 9.84 Å². The molecule has 0 bridgehead atoms. The van der Waals surface area contributed by atoms with E-state index in [4.69, 9.17) is 0 Å². The average molecular weight is 268 g/mol. The fraction of sp³-hybridized carbons (Fsp3) is 0.462. The van der Waals surface area contributed by atoms with E-state index in [1.165, 1.54) is 7.11 Å². The number of esters is 1. The summed E-state index contributed by atoms with van der Waals surface area (Å²) in [5, 5.41) is 0. The van der Waals surface area contributed by atoms with Gasteiger partial charge < -0.3 is 4.74 Å². The summed E-state index contributed by atoms with van der Waals surface area (Å²) in [4.78, 5) is 11.3. The Hall–Kier alpha value is -1.36. The fourth-order valence-electron chi connectivity index (χ4n) is 2.23. The summed E-state index contributed by atoms with van der Waals surface area (Å²) in [6.45, 7) is 0. The first-order valence-electron chi connectivity index (χ1n) is 5.90. The van der Waals surface area contributed by atoms with E-state index < -0.39 is 9.84 Å². The van der Waals surface area contributed by atoms with Crippen LogP contribution in [0.4, 0.5) is 0 Å². The van der Waals surface area contributed by atoms with Crippen LogP contribution in [0.5, 0.6) is 0 Å². The highest BCUT2D eigenvalue weighted by Crippen LogP contribution is 2.29. The molecule has 2 rings (SSSR count). The van der Waals surface area contributed by atoms with E-state index >= 15 is 0 Å². The molecule has 1 aliphatic rings. The van der Waals surface area contributed by atoms with Gasteiger partial charge in [-0.15, -0.1) is 0 Å². The van der Waals surface area contributed by atoms with E-state index in [1.54, 1.807) is 12.1 Å². The zero-order chi connectivity index (χ0) is 13.2. The van der Waals surface area contributed by atoms with Crippen LogP contribution in [0, 0.1) is 0 Å². The smallest absolute Gasteiger partial charge is 0.337 e. The highest BCUT2D eigenvalue weighted by molar-refractivity contribution is 7.91. The molecule has 1 aromatic rings. The van der Waals surface area contributed by atoms with Gasteiger partial charge in [0.25, 0.3) is 0 Å². The first kappa shape index (κ1) is 13.1. The molecular formula is C13H16O4S. The van der Waals surface area contributed by atoms with Gasteiger partial charge in [0.2, 0.25) is 0 Å². The SMILES string of the molecule is COC(=O)c1ccc(C2CCS(=O)(=O)CC2)cc1. The molecule has 98 valence electrons. The predicted octanol–water partition coefficient (Wildman–Crippen LogP) is 1.77. The van der Waals surface area contributed by atoms with E-state index in [0.29, 0.717) is 18.4 Å². The number of carbonyl (C=O) groups is 1. The van der Waals surface area contributed by atoms with Crippen LogP contribution in [0.15, 0.2) is 24.3 Å². The molecule has 0 saturated carbocycles. The van der Waals surface area contributed by atoms with E-state index in [0.717, 1.165) is 5.56 Å². The Morgan fingerprint density at radius 2 is 1.72 bits per heavy atom. The van der Waals surface area contributed by atoms with Crippen molar-refractivity contribution in [3.05, 3.63) is 35.4 Å². The quantitative estimate of drug-likeness (QED) is 0.767. The number of hydrogen-bond donors (Lipinski definition) is 0. The average Bonchev–Trinajstić information content (AvgIpc) is 2.38. The molecule has 18 heavy (non-hydrogen) atoms. The van der Waals surface area contributed by atoms with Crippen molar-refractivity contribution in [2.24, 2.45) is 0 Å². The molecule has 0 amide bonds. The Morgan fingerprint density at radius 3 is 2.22 bits per heavy atom.